The topological polar surface area (TPSA) is 9.23 Å². The molecule has 0 bridgehead atoms. The maximum absolute atomic E-state index is 5.70. The van der Waals surface area contributed by atoms with Gasteiger partial charge in [-0.1, -0.05) is 39.8 Å². The Kier molecular flexibility index (Phi) is 6.50. The van der Waals surface area contributed by atoms with Crippen LogP contribution in [0.15, 0.2) is 18.2 Å². The van der Waals surface area contributed by atoms with Gasteiger partial charge in [0.2, 0.25) is 0 Å². The molecule has 1 atom stereocenters. The van der Waals surface area contributed by atoms with Crippen LogP contribution in [0, 0.1) is 11.8 Å². The highest BCUT2D eigenvalue weighted by Gasteiger charge is 2.11. The van der Waals surface area contributed by atoms with Gasteiger partial charge in [0, 0.05) is 12.8 Å². The van der Waals surface area contributed by atoms with Crippen molar-refractivity contribution in [3.8, 4) is 17.6 Å². The smallest absolute Gasteiger partial charge is 0.122 e. The Morgan fingerprint density at radius 2 is 1.84 bits per heavy atom. The molecule has 0 heterocycles. The molecule has 1 nitrogen and oxygen atoms in total. The molecule has 0 aromatic heterocycles. The van der Waals surface area contributed by atoms with Crippen LogP contribution in [0.5, 0.6) is 5.75 Å². The van der Waals surface area contributed by atoms with Crippen molar-refractivity contribution in [3.63, 3.8) is 0 Å². The number of hydrogen-bond donors (Lipinski definition) is 0. The Labute approximate surface area is 118 Å². The third-order valence-electron chi connectivity index (χ3n) is 3.23. The third kappa shape index (κ3) is 4.63. The van der Waals surface area contributed by atoms with E-state index in [2.05, 4.69) is 57.7 Å². The van der Waals surface area contributed by atoms with Gasteiger partial charge in [-0.25, -0.2) is 0 Å². The molecule has 0 saturated heterocycles. The van der Waals surface area contributed by atoms with Gasteiger partial charge in [-0.3, -0.25) is 0 Å². The van der Waals surface area contributed by atoms with E-state index in [1.807, 2.05) is 6.92 Å². The van der Waals surface area contributed by atoms with Crippen LogP contribution in [-0.4, -0.2) is 6.61 Å². The zero-order chi connectivity index (χ0) is 14.3. The van der Waals surface area contributed by atoms with Crippen LogP contribution in [0.4, 0.5) is 0 Å². The lowest BCUT2D eigenvalue weighted by atomic mass is 9.92. The normalized spacial score (nSPS) is 11.9. The van der Waals surface area contributed by atoms with Crippen LogP contribution in [0.3, 0.4) is 0 Å². The highest BCUT2D eigenvalue weighted by Crippen LogP contribution is 2.31. The molecule has 0 radical (unpaired) electrons. The van der Waals surface area contributed by atoms with Crippen molar-refractivity contribution in [1.82, 2.24) is 0 Å². The Morgan fingerprint density at radius 1 is 1.11 bits per heavy atom. The van der Waals surface area contributed by atoms with Crippen LogP contribution >= 0.6 is 0 Å². The average Bonchev–Trinajstić information content (AvgIpc) is 2.39. The van der Waals surface area contributed by atoms with E-state index in [1.54, 1.807) is 0 Å². The Hall–Kier alpha value is -1.42. The van der Waals surface area contributed by atoms with Gasteiger partial charge in [-0.05, 0) is 36.0 Å². The van der Waals surface area contributed by atoms with E-state index >= 15 is 0 Å². The summed E-state index contributed by atoms with van der Waals surface area (Å²) in [5.41, 5.74) is 2.66. The molecule has 1 heteroatoms. The van der Waals surface area contributed by atoms with Crippen LogP contribution < -0.4 is 4.74 Å². The summed E-state index contributed by atoms with van der Waals surface area (Å²) in [5, 5.41) is 0. The molecule has 104 valence electrons. The molecule has 0 spiro atoms. The molecule has 1 unspecified atom stereocenters. The van der Waals surface area contributed by atoms with Crippen LogP contribution in [0.1, 0.15) is 70.4 Å². The fourth-order valence-corrected chi connectivity index (χ4v) is 2.08. The van der Waals surface area contributed by atoms with E-state index in [1.165, 1.54) is 11.1 Å². The molecule has 0 aliphatic heterocycles. The number of ether oxygens (including phenoxy) is 1. The summed E-state index contributed by atoms with van der Waals surface area (Å²) >= 11 is 0. The lowest BCUT2D eigenvalue weighted by molar-refractivity contribution is 0.335. The van der Waals surface area contributed by atoms with Gasteiger partial charge < -0.3 is 4.74 Å². The summed E-state index contributed by atoms with van der Waals surface area (Å²) in [6.45, 7) is 11.5. The second kappa shape index (κ2) is 7.89. The molecular formula is C18H26O. The first-order valence-electron chi connectivity index (χ1n) is 7.32. The standard InChI is InChI=1S/C18H26O/c1-6-8-9-10-15(5)16-11-12-18(19-7-2)17(13-16)14(3)4/h11-15H,6-7,10H2,1-5H3. The summed E-state index contributed by atoms with van der Waals surface area (Å²) in [5.74, 6) is 8.37. The minimum absolute atomic E-state index is 0.479. The molecule has 0 N–H and O–H groups in total. The fourth-order valence-electron chi connectivity index (χ4n) is 2.08. The molecule has 0 amide bonds. The van der Waals surface area contributed by atoms with Gasteiger partial charge in [-0.2, -0.15) is 0 Å². The Morgan fingerprint density at radius 3 is 2.42 bits per heavy atom. The van der Waals surface area contributed by atoms with Crippen molar-refractivity contribution in [1.29, 1.82) is 0 Å². The predicted octanol–water partition coefficient (Wildman–Crippen LogP) is 5.12. The molecule has 0 fully saturated rings. The zero-order valence-electron chi connectivity index (χ0n) is 12.9. The Bertz CT molecular complexity index is 448. The molecule has 19 heavy (non-hydrogen) atoms. The SMILES string of the molecule is CCC#CCC(C)c1ccc(OCC)c(C(C)C)c1. The summed E-state index contributed by atoms with van der Waals surface area (Å²) in [7, 11) is 0. The number of benzene rings is 1. The van der Waals surface area contributed by atoms with Gasteiger partial charge in [0.05, 0.1) is 6.61 Å². The minimum Gasteiger partial charge on any atom is -0.494 e. The molecule has 1 rings (SSSR count). The first-order valence-corrected chi connectivity index (χ1v) is 7.32. The van der Waals surface area contributed by atoms with E-state index in [4.69, 9.17) is 4.74 Å². The molecular weight excluding hydrogens is 232 g/mol. The number of hydrogen-bond acceptors (Lipinski definition) is 1. The largest absolute Gasteiger partial charge is 0.494 e. The minimum atomic E-state index is 0.479. The maximum atomic E-state index is 5.70. The second-order valence-electron chi connectivity index (χ2n) is 5.20. The van der Waals surface area contributed by atoms with E-state index in [9.17, 15) is 0 Å². The quantitative estimate of drug-likeness (QED) is 0.666. The van der Waals surface area contributed by atoms with Crippen molar-refractivity contribution in [3.05, 3.63) is 29.3 Å². The van der Waals surface area contributed by atoms with Crippen LogP contribution in [0.25, 0.3) is 0 Å². The second-order valence-corrected chi connectivity index (χ2v) is 5.20. The highest BCUT2D eigenvalue weighted by molar-refractivity contribution is 5.40. The van der Waals surface area contributed by atoms with Crippen LogP contribution in [0.2, 0.25) is 0 Å². The van der Waals surface area contributed by atoms with Crippen molar-refractivity contribution in [2.45, 2.75) is 59.3 Å². The Balaban J connectivity index is 2.94. The van der Waals surface area contributed by atoms with Gasteiger partial charge in [0.25, 0.3) is 0 Å². The van der Waals surface area contributed by atoms with Gasteiger partial charge in [-0.15, -0.1) is 11.8 Å². The average molecular weight is 258 g/mol. The summed E-state index contributed by atoms with van der Waals surface area (Å²) in [6, 6.07) is 6.57. The van der Waals surface area contributed by atoms with E-state index in [-0.39, 0.29) is 0 Å². The first-order chi connectivity index (χ1) is 9.10. The zero-order valence-corrected chi connectivity index (χ0v) is 12.9. The summed E-state index contributed by atoms with van der Waals surface area (Å²) < 4.78 is 5.70. The third-order valence-corrected chi connectivity index (χ3v) is 3.23. The van der Waals surface area contributed by atoms with Gasteiger partial charge in [0.1, 0.15) is 5.75 Å². The summed E-state index contributed by atoms with van der Waals surface area (Å²) in [4.78, 5) is 0. The molecule has 1 aromatic rings. The van der Waals surface area contributed by atoms with Gasteiger partial charge in [0.15, 0.2) is 0 Å². The fraction of sp³-hybridized carbons (Fsp3) is 0.556. The summed E-state index contributed by atoms with van der Waals surface area (Å²) in [6.07, 6.45) is 1.87. The molecule has 0 aliphatic carbocycles. The predicted molar refractivity (Wildman–Crippen MR) is 82.8 cm³/mol. The van der Waals surface area contributed by atoms with E-state index in [0.717, 1.165) is 25.2 Å². The van der Waals surface area contributed by atoms with Crippen molar-refractivity contribution in [2.75, 3.05) is 6.61 Å². The maximum Gasteiger partial charge on any atom is 0.122 e. The van der Waals surface area contributed by atoms with Crippen molar-refractivity contribution < 1.29 is 4.74 Å². The molecule has 0 saturated carbocycles. The van der Waals surface area contributed by atoms with Crippen molar-refractivity contribution >= 4 is 0 Å². The monoisotopic (exact) mass is 258 g/mol. The first kappa shape index (κ1) is 15.6. The molecule has 0 aliphatic rings. The van der Waals surface area contributed by atoms with E-state index < -0.39 is 0 Å². The van der Waals surface area contributed by atoms with Crippen molar-refractivity contribution in [2.24, 2.45) is 0 Å². The van der Waals surface area contributed by atoms with E-state index in [0.29, 0.717) is 11.8 Å². The number of rotatable bonds is 5. The highest BCUT2D eigenvalue weighted by atomic mass is 16.5. The van der Waals surface area contributed by atoms with Crippen LogP contribution in [-0.2, 0) is 0 Å². The lowest BCUT2D eigenvalue weighted by Crippen LogP contribution is -2.01. The lowest BCUT2D eigenvalue weighted by Gasteiger charge is -2.17. The van der Waals surface area contributed by atoms with Gasteiger partial charge >= 0.3 is 0 Å². The molecule has 1 aromatic carbocycles.